The number of nitrogens with one attached hydrogen (secondary N) is 1. The van der Waals surface area contributed by atoms with Crippen molar-refractivity contribution >= 4 is 16.9 Å². The fourth-order valence-corrected chi connectivity index (χ4v) is 3.21. The van der Waals surface area contributed by atoms with E-state index >= 15 is 0 Å². The van der Waals surface area contributed by atoms with Gasteiger partial charge in [-0.3, -0.25) is 4.79 Å². The Bertz CT molecular complexity index is 676. The number of amides is 1. The minimum absolute atomic E-state index is 0.0115. The van der Waals surface area contributed by atoms with Gasteiger partial charge < -0.3 is 14.6 Å². The second-order valence-electron chi connectivity index (χ2n) is 7.27. The number of hydrogen-bond donors (Lipinski definition) is 1. The van der Waals surface area contributed by atoms with Gasteiger partial charge in [0.2, 0.25) is 0 Å². The van der Waals surface area contributed by atoms with Crippen molar-refractivity contribution < 1.29 is 9.21 Å². The Morgan fingerprint density at radius 2 is 2.00 bits per heavy atom. The molecule has 1 aromatic carbocycles. The minimum atomic E-state index is -0.0115. The molecular formula is C21H32N2O2. The van der Waals surface area contributed by atoms with Crippen molar-refractivity contribution in [3.63, 3.8) is 0 Å². The predicted molar refractivity (Wildman–Crippen MR) is 104 cm³/mol. The molecule has 0 bridgehead atoms. The summed E-state index contributed by atoms with van der Waals surface area (Å²) in [5.41, 5.74) is 1.52. The Balaban J connectivity index is 1.98. The summed E-state index contributed by atoms with van der Waals surface area (Å²) in [4.78, 5) is 15.1. The highest BCUT2D eigenvalue weighted by Gasteiger charge is 2.19. The van der Waals surface area contributed by atoms with Gasteiger partial charge in [-0.15, -0.1) is 0 Å². The molecule has 0 aliphatic heterocycles. The number of unbranched alkanes of at least 4 members (excludes halogenated alkanes) is 1. The largest absolute Gasteiger partial charge is 0.460 e. The molecule has 2 aromatic rings. The Morgan fingerprint density at radius 3 is 2.72 bits per heavy atom. The highest BCUT2D eigenvalue weighted by Crippen LogP contribution is 2.27. The molecule has 1 amide bonds. The average molecular weight is 344 g/mol. The molecule has 138 valence electrons. The number of carbonyl (C=O) groups excluding carboxylic acids is 1. The third kappa shape index (κ3) is 5.60. The summed E-state index contributed by atoms with van der Waals surface area (Å²) in [6.45, 7) is 9.36. The van der Waals surface area contributed by atoms with Gasteiger partial charge in [0.05, 0.1) is 5.56 Å². The van der Waals surface area contributed by atoms with E-state index in [4.69, 9.17) is 4.42 Å². The molecule has 0 atom stereocenters. The summed E-state index contributed by atoms with van der Waals surface area (Å²) < 4.78 is 5.94. The van der Waals surface area contributed by atoms with Gasteiger partial charge in [-0.2, -0.15) is 0 Å². The molecule has 0 saturated carbocycles. The van der Waals surface area contributed by atoms with E-state index in [0.29, 0.717) is 12.5 Å². The first-order valence-electron chi connectivity index (χ1n) is 9.50. The first-order valence-corrected chi connectivity index (χ1v) is 9.50. The van der Waals surface area contributed by atoms with Crippen LogP contribution >= 0.6 is 0 Å². The van der Waals surface area contributed by atoms with Crippen LogP contribution in [0.25, 0.3) is 11.0 Å². The van der Waals surface area contributed by atoms with E-state index in [9.17, 15) is 4.79 Å². The first kappa shape index (κ1) is 19.5. The van der Waals surface area contributed by atoms with Crippen molar-refractivity contribution in [3.8, 4) is 0 Å². The van der Waals surface area contributed by atoms with E-state index in [2.05, 4.69) is 38.0 Å². The molecule has 0 saturated heterocycles. The molecule has 0 fully saturated rings. The van der Waals surface area contributed by atoms with Crippen LogP contribution in [0, 0.1) is 5.92 Å². The molecule has 25 heavy (non-hydrogen) atoms. The lowest BCUT2D eigenvalue weighted by Crippen LogP contribution is -2.30. The summed E-state index contributed by atoms with van der Waals surface area (Å²) in [6.07, 6.45) is 3.88. The maximum Gasteiger partial charge on any atom is 0.255 e. The van der Waals surface area contributed by atoms with E-state index < -0.39 is 0 Å². The van der Waals surface area contributed by atoms with Crippen LogP contribution in [-0.2, 0) is 6.42 Å². The van der Waals surface area contributed by atoms with Crippen molar-refractivity contribution in [3.05, 3.63) is 35.6 Å². The van der Waals surface area contributed by atoms with Gasteiger partial charge in [0.25, 0.3) is 5.91 Å². The molecule has 1 N–H and O–H groups in total. The normalized spacial score (nSPS) is 11.6. The lowest BCUT2D eigenvalue weighted by Gasteiger charge is -2.18. The number of carbonyl (C=O) groups is 1. The quantitative estimate of drug-likeness (QED) is 0.646. The fraction of sp³-hybridized carbons (Fsp3) is 0.571. The molecule has 0 radical (unpaired) electrons. The third-order valence-electron chi connectivity index (χ3n) is 4.33. The predicted octanol–water partition coefficient (Wildman–Crippen LogP) is 4.48. The standard InChI is InChI=1S/C21H32N2O2/c1-5-6-11-19-20(17-10-7-8-12-18(17)25-19)21(24)22-13-9-14-23(4)15-16(2)3/h7-8,10,12,16H,5-6,9,11,13-15H2,1-4H3,(H,22,24). The number of rotatable bonds is 10. The van der Waals surface area contributed by atoms with E-state index in [1.165, 1.54) is 0 Å². The summed E-state index contributed by atoms with van der Waals surface area (Å²) in [7, 11) is 2.13. The van der Waals surface area contributed by atoms with Crippen LogP contribution in [0.2, 0.25) is 0 Å². The number of nitrogens with zero attached hydrogens (tertiary/aromatic N) is 1. The van der Waals surface area contributed by atoms with Gasteiger partial charge in [-0.1, -0.05) is 45.4 Å². The molecule has 0 spiro atoms. The number of para-hydroxylation sites is 1. The highest BCUT2D eigenvalue weighted by atomic mass is 16.3. The van der Waals surface area contributed by atoms with Crippen molar-refractivity contribution in [1.29, 1.82) is 0 Å². The lowest BCUT2D eigenvalue weighted by molar-refractivity contribution is 0.0951. The maximum absolute atomic E-state index is 12.7. The lowest BCUT2D eigenvalue weighted by atomic mass is 10.1. The smallest absolute Gasteiger partial charge is 0.255 e. The molecule has 4 nitrogen and oxygen atoms in total. The van der Waals surface area contributed by atoms with Crippen LogP contribution in [0.15, 0.2) is 28.7 Å². The first-order chi connectivity index (χ1) is 12.0. The molecular weight excluding hydrogens is 312 g/mol. The molecule has 0 aliphatic carbocycles. The van der Waals surface area contributed by atoms with Crippen molar-refractivity contribution in [2.24, 2.45) is 5.92 Å². The topological polar surface area (TPSA) is 45.5 Å². The molecule has 1 heterocycles. The van der Waals surface area contributed by atoms with Gasteiger partial charge in [0.1, 0.15) is 11.3 Å². The summed E-state index contributed by atoms with van der Waals surface area (Å²) in [5, 5.41) is 4.00. The van der Waals surface area contributed by atoms with Crippen molar-refractivity contribution in [2.75, 3.05) is 26.7 Å². The van der Waals surface area contributed by atoms with Crippen molar-refractivity contribution in [2.45, 2.75) is 46.5 Å². The van der Waals surface area contributed by atoms with Crippen LogP contribution in [-0.4, -0.2) is 37.5 Å². The third-order valence-corrected chi connectivity index (χ3v) is 4.33. The van der Waals surface area contributed by atoms with E-state index in [1.807, 2.05) is 24.3 Å². The average Bonchev–Trinajstić information content (AvgIpc) is 2.94. The monoisotopic (exact) mass is 344 g/mol. The van der Waals surface area contributed by atoms with E-state index in [0.717, 1.165) is 61.1 Å². The van der Waals surface area contributed by atoms with Gasteiger partial charge >= 0.3 is 0 Å². The highest BCUT2D eigenvalue weighted by molar-refractivity contribution is 6.07. The second kappa shape index (κ2) is 9.62. The van der Waals surface area contributed by atoms with Gasteiger partial charge in [-0.25, -0.2) is 0 Å². The van der Waals surface area contributed by atoms with Gasteiger partial charge in [0, 0.05) is 24.9 Å². The van der Waals surface area contributed by atoms with E-state index in [-0.39, 0.29) is 5.91 Å². The van der Waals surface area contributed by atoms with Crippen LogP contribution < -0.4 is 5.32 Å². The number of aryl methyl sites for hydroxylation is 1. The zero-order valence-corrected chi connectivity index (χ0v) is 16.1. The molecule has 0 aliphatic rings. The Hall–Kier alpha value is -1.81. The van der Waals surface area contributed by atoms with Crippen LogP contribution in [0.1, 0.15) is 56.2 Å². The molecule has 0 unspecified atom stereocenters. The van der Waals surface area contributed by atoms with Crippen molar-refractivity contribution in [1.82, 2.24) is 10.2 Å². The number of furan rings is 1. The molecule has 1 aromatic heterocycles. The molecule has 4 heteroatoms. The summed E-state index contributed by atoms with van der Waals surface area (Å²) >= 11 is 0. The SMILES string of the molecule is CCCCc1oc2ccccc2c1C(=O)NCCCN(C)CC(C)C. The van der Waals surface area contributed by atoms with Crippen LogP contribution in [0.5, 0.6) is 0 Å². The zero-order chi connectivity index (χ0) is 18.2. The summed E-state index contributed by atoms with van der Waals surface area (Å²) in [6, 6.07) is 7.81. The van der Waals surface area contributed by atoms with E-state index in [1.54, 1.807) is 0 Å². The number of benzene rings is 1. The number of hydrogen-bond acceptors (Lipinski definition) is 3. The Labute approximate surface area is 151 Å². The van der Waals surface area contributed by atoms with Crippen LogP contribution in [0.4, 0.5) is 0 Å². The zero-order valence-electron chi connectivity index (χ0n) is 16.1. The Morgan fingerprint density at radius 1 is 1.24 bits per heavy atom. The van der Waals surface area contributed by atoms with Gasteiger partial charge in [-0.05, 0) is 38.4 Å². The number of fused-ring (bicyclic) bond motifs is 1. The van der Waals surface area contributed by atoms with Crippen LogP contribution in [0.3, 0.4) is 0 Å². The maximum atomic E-state index is 12.7. The second-order valence-corrected chi connectivity index (χ2v) is 7.27. The Kier molecular flexibility index (Phi) is 7.51. The fourth-order valence-electron chi connectivity index (χ4n) is 3.21. The van der Waals surface area contributed by atoms with Gasteiger partial charge in [0.15, 0.2) is 0 Å². The summed E-state index contributed by atoms with van der Waals surface area (Å²) in [5.74, 6) is 1.47. The minimum Gasteiger partial charge on any atom is -0.460 e. The molecule has 2 rings (SSSR count).